The SMILES string of the molecule is COCCN(C(=O)c1cc(Cl)ccc1Cl)C1CCS(=O)(=O)C1. The third-order valence-electron chi connectivity index (χ3n) is 3.61. The Labute approximate surface area is 140 Å². The van der Waals surface area contributed by atoms with Crippen LogP contribution in [-0.4, -0.2) is 57.0 Å². The van der Waals surface area contributed by atoms with Crippen molar-refractivity contribution in [3.05, 3.63) is 33.8 Å². The fraction of sp³-hybridized carbons (Fsp3) is 0.500. The lowest BCUT2D eigenvalue weighted by molar-refractivity contribution is 0.0624. The van der Waals surface area contributed by atoms with Gasteiger partial charge in [0.15, 0.2) is 9.84 Å². The van der Waals surface area contributed by atoms with Crippen LogP contribution in [0.2, 0.25) is 10.0 Å². The maximum Gasteiger partial charge on any atom is 0.255 e. The van der Waals surface area contributed by atoms with Gasteiger partial charge in [0.1, 0.15) is 0 Å². The summed E-state index contributed by atoms with van der Waals surface area (Å²) in [5.41, 5.74) is 0.273. The first-order chi connectivity index (χ1) is 10.3. The van der Waals surface area contributed by atoms with Crippen LogP contribution in [0.15, 0.2) is 18.2 Å². The van der Waals surface area contributed by atoms with Gasteiger partial charge in [-0.25, -0.2) is 8.42 Å². The van der Waals surface area contributed by atoms with E-state index in [1.807, 2.05) is 0 Å². The van der Waals surface area contributed by atoms with E-state index in [1.54, 1.807) is 12.1 Å². The molecule has 5 nitrogen and oxygen atoms in total. The van der Waals surface area contributed by atoms with Gasteiger partial charge in [0.2, 0.25) is 0 Å². The Morgan fingerprint density at radius 2 is 2.14 bits per heavy atom. The van der Waals surface area contributed by atoms with Gasteiger partial charge < -0.3 is 9.64 Å². The van der Waals surface area contributed by atoms with E-state index in [0.29, 0.717) is 24.6 Å². The predicted molar refractivity (Wildman–Crippen MR) is 86.4 cm³/mol. The number of amides is 1. The molecule has 0 aromatic heterocycles. The number of sulfone groups is 1. The Hall–Kier alpha value is -0.820. The van der Waals surface area contributed by atoms with Crippen LogP contribution in [0.5, 0.6) is 0 Å². The molecule has 122 valence electrons. The summed E-state index contributed by atoms with van der Waals surface area (Å²) in [5.74, 6) is -0.259. The zero-order chi connectivity index (χ0) is 16.3. The minimum absolute atomic E-state index is 0.0271. The van der Waals surface area contributed by atoms with Crippen molar-refractivity contribution in [1.82, 2.24) is 4.90 Å². The molecule has 1 atom stereocenters. The number of hydrogen-bond acceptors (Lipinski definition) is 4. The summed E-state index contributed by atoms with van der Waals surface area (Å²) in [5, 5.41) is 0.691. The highest BCUT2D eigenvalue weighted by Crippen LogP contribution is 2.25. The normalized spacial score (nSPS) is 20.0. The number of carbonyl (C=O) groups is 1. The van der Waals surface area contributed by atoms with Gasteiger partial charge in [-0.2, -0.15) is 0 Å². The van der Waals surface area contributed by atoms with Crippen molar-refractivity contribution in [2.24, 2.45) is 0 Å². The maximum absolute atomic E-state index is 12.8. The first-order valence-corrected chi connectivity index (χ1v) is 9.37. The number of halogens is 2. The van der Waals surface area contributed by atoms with E-state index < -0.39 is 9.84 Å². The number of methoxy groups -OCH3 is 1. The molecule has 1 aromatic rings. The molecule has 8 heteroatoms. The van der Waals surface area contributed by atoms with Crippen LogP contribution in [0, 0.1) is 0 Å². The van der Waals surface area contributed by atoms with Crippen LogP contribution >= 0.6 is 23.2 Å². The quantitative estimate of drug-likeness (QED) is 0.802. The highest BCUT2D eigenvalue weighted by atomic mass is 35.5. The number of benzene rings is 1. The first kappa shape index (κ1) is 17.5. The van der Waals surface area contributed by atoms with E-state index >= 15 is 0 Å². The lowest BCUT2D eigenvalue weighted by atomic mass is 10.1. The topological polar surface area (TPSA) is 63.7 Å². The van der Waals surface area contributed by atoms with Crippen LogP contribution in [0.4, 0.5) is 0 Å². The number of nitrogens with zero attached hydrogens (tertiary/aromatic N) is 1. The van der Waals surface area contributed by atoms with Crippen molar-refractivity contribution in [3.8, 4) is 0 Å². The largest absolute Gasteiger partial charge is 0.383 e. The molecule has 0 spiro atoms. The molecule has 0 bridgehead atoms. The third kappa shape index (κ3) is 4.13. The number of ether oxygens (including phenoxy) is 1. The van der Waals surface area contributed by atoms with Gasteiger partial charge in [-0.05, 0) is 24.6 Å². The van der Waals surface area contributed by atoms with E-state index in [1.165, 1.54) is 18.1 Å². The predicted octanol–water partition coefficient (Wildman–Crippen LogP) is 2.27. The maximum atomic E-state index is 12.8. The van der Waals surface area contributed by atoms with Crippen molar-refractivity contribution in [1.29, 1.82) is 0 Å². The third-order valence-corrected chi connectivity index (χ3v) is 5.92. The Morgan fingerprint density at radius 1 is 1.41 bits per heavy atom. The molecule has 0 saturated carbocycles. The monoisotopic (exact) mass is 365 g/mol. The standard InChI is InChI=1S/C14H17Cl2NO4S/c1-21-6-5-17(11-4-7-22(19,20)9-11)14(18)12-8-10(15)2-3-13(12)16/h2-3,8,11H,4-7,9H2,1H3. The molecule has 1 aliphatic rings. The van der Waals surface area contributed by atoms with E-state index in [2.05, 4.69) is 0 Å². The Balaban J connectivity index is 2.28. The van der Waals surface area contributed by atoms with Gasteiger partial charge in [-0.1, -0.05) is 23.2 Å². The molecule has 2 rings (SSSR count). The molecule has 1 heterocycles. The van der Waals surface area contributed by atoms with Crippen molar-refractivity contribution >= 4 is 38.9 Å². The molecule has 1 saturated heterocycles. The molecular formula is C14H17Cl2NO4S. The molecule has 22 heavy (non-hydrogen) atoms. The van der Waals surface area contributed by atoms with Gasteiger partial charge in [0.05, 0.1) is 28.7 Å². The first-order valence-electron chi connectivity index (χ1n) is 6.79. The minimum Gasteiger partial charge on any atom is -0.383 e. The molecular weight excluding hydrogens is 349 g/mol. The average molecular weight is 366 g/mol. The lowest BCUT2D eigenvalue weighted by Crippen LogP contribution is -2.43. The van der Waals surface area contributed by atoms with Gasteiger partial charge in [0.25, 0.3) is 5.91 Å². The van der Waals surface area contributed by atoms with Crippen molar-refractivity contribution in [2.75, 3.05) is 31.8 Å². The van der Waals surface area contributed by atoms with Gasteiger partial charge >= 0.3 is 0 Å². The highest BCUT2D eigenvalue weighted by molar-refractivity contribution is 7.91. The van der Waals surface area contributed by atoms with Gasteiger partial charge in [-0.15, -0.1) is 0 Å². The lowest BCUT2D eigenvalue weighted by Gasteiger charge is -2.28. The second-order valence-corrected chi connectivity index (χ2v) is 8.24. The second kappa shape index (κ2) is 7.17. The number of rotatable bonds is 5. The Bertz CT molecular complexity index is 663. The summed E-state index contributed by atoms with van der Waals surface area (Å²) >= 11 is 12.0. The van der Waals surface area contributed by atoms with Crippen molar-refractivity contribution in [2.45, 2.75) is 12.5 Å². The van der Waals surface area contributed by atoms with Gasteiger partial charge in [0, 0.05) is 24.7 Å². The molecule has 1 unspecified atom stereocenters. The van der Waals surface area contributed by atoms with Crippen LogP contribution in [0.3, 0.4) is 0 Å². The smallest absolute Gasteiger partial charge is 0.255 e. The minimum atomic E-state index is -3.09. The fourth-order valence-corrected chi connectivity index (χ4v) is 4.58. The van der Waals surface area contributed by atoms with E-state index in [0.717, 1.165) is 0 Å². The summed E-state index contributed by atoms with van der Waals surface area (Å²) in [6.45, 7) is 0.624. The van der Waals surface area contributed by atoms with Crippen LogP contribution in [0.1, 0.15) is 16.8 Å². The molecule has 0 N–H and O–H groups in total. The van der Waals surface area contributed by atoms with Crippen LogP contribution < -0.4 is 0 Å². The Morgan fingerprint density at radius 3 is 2.73 bits per heavy atom. The van der Waals surface area contributed by atoms with E-state index in [-0.39, 0.29) is 34.0 Å². The zero-order valence-electron chi connectivity index (χ0n) is 12.1. The number of hydrogen-bond donors (Lipinski definition) is 0. The fourth-order valence-electron chi connectivity index (χ4n) is 2.48. The van der Waals surface area contributed by atoms with E-state index in [4.69, 9.17) is 27.9 Å². The number of carbonyl (C=O) groups excluding carboxylic acids is 1. The summed E-state index contributed by atoms with van der Waals surface area (Å²) in [6.07, 6.45) is 0.427. The molecule has 1 fully saturated rings. The second-order valence-electron chi connectivity index (χ2n) is 5.17. The van der Waals surface area contributed by atoms with E-state index in [9.17, 15) is 13.2 Å². The summed E-state index contributed by atoms with van der Waals surface area (Å²) in [4.78, 5) is 14.3. The molecule has 1 aromatic carbocycles. The van der Waals surface area contributed by atoms with Crippen LogP contribution in [0.25, 0.3) is 0 Å². The van der Waals surface area contributed by atoms with Crippen LogP contribution in [-0.2, 0) is 14.6 Å². The summed E-state index contributed by atoms with van der Waals surface area (Å²) in [6, 6.07) is 4.29. The van der Waals surface area contributed by atoms with Gasteiger partial charge in [-0.3, -0.25) is 4.79 Å². The van der Waals surface area contributed by atoms with Crippen molar-refractivity contribution in [3.63, 3.8) is 0 Å². The zero-order valence-corrected chi connectivity index (χ0v) is 14.4. The Kier molecular flexibility index (Phi) is 5.71. The molecule has 0 aliphatic carbocycles. The molecule has 1 aliphatic heterocycles. The molecule has 0 radical (unpaired) electrons. The summed E-state index contributed by atoms with van der Waals surface area (Å²) < 4.78 is 28.4. The molecule has 1 amide bonds. The highest BCUT2D eigenvalue weighted by Gasteiger charge is 2.35. The summed E-state index contributed by atoms with van der Waals surface area (Å²) in [7, 11) is -1.57. The average Bonchev–Trinajstić information content (AvgIpc) is 2.82. The van der Waals surface area contributed by atoms with Crippen molar-refractivity contribution < 1.29 is 17.9 Å².